The van der Waals surface area contributed by atoms with Crippen LogP contribution in [0.1, 0.15) is 5.71 Å². The average Bonchev–Trinajstić information content (AvgIpc) is 0.722. The van der Waals surface area contributed by atoms with E-state index in [-0.39, 0.29) is 92.3 Å². The predicted molar refractivity (Wildman–Crippen MR) is 21.8 cm³/mol. The van der Waals surface area contributed by atoms with Crippen molar-refractivity contribution in [2.75, 3.05) is 0 Å². The normalized spacial score (nSPS) is 8.29. The molecule has 0 spiro atoms. The molecule has 0 aliphatic carbocycles. The molecule has 0 saturated carbocycles. The summed E-state index contributed by atoms with van der Waals surface area (Å²) in [6.45, 7) is 0. The summed E-state index contributed by atoms with van der Waals surface area (Å²) in [5.41, 5.74) is 0. The zero-order chi connectivity index (χ0) is 4.50. The van der Waals surface area contributed by atoms with Gasteiger partial charge < -0.3 is 5.71 Å². The second-order valence-corrected chi connectivity index (χ2v) is 3.67. The van der Waals surface area contributed by atoms with E-state index in [1.807, 2.05) is 0 Å². The van der Waals surface area contributed by atoms with Gasteiger partial charge in [0.1, 0.15) is 0 Å². The number of rotatable bonds is 0. The minimum absolute atomic E-state index is 0. The molecule has 7 heteroatoms. The molecule has 0 atom stereocenters. The molecule has 0 aliphatic heterocycles. The van der Waals surface area contributed by atoms with Crippen molar-refractivity contribution in [2.45, 2.75) is 0 Å². The molecule has 0 bridgehead atoms. The molecule has 0 aromatic rings. The summed E-state index contributed by atoms with van der Waals surface area (Å²) in [5, 5.41) is 0. The maximum atomic E-state index is 8.87. The van der Waals surface area contributed by atoms with E-state index >= 15 is 0 Å². The van der Waals surface area contributed by atoms with E-state index in [1.54, 1.807) is 0 Å². The standard InChI is InChI=1S/Ba.Ca.2H2O.2O.W.4H/h;;2*1H2;;;;;;;/q2*+2;;;;;+2;4*-1/p-2. The third-order valence-corrected chi connectivity index (χ3v) is 0. The summed E-state index contributed by atoms with van der Waals surface area (Å²) in [7, 11) is 0. The molecule has 2 N–H and O–H groups in total. The van der Waals surface area contributed by atoms with E-state index in [0.29, 0.717) is 0 Å². The maximum absolute atomic E-state index is 8.87. The van der Waals surface area contributed by atoms with Crippen molar-refractivity contribution in [1.82, 2.24) is 0 Å². The van der Waals surface area contributed by atoms with Crippen LogP contribution in [0.2, 0.25) is 0 Å². The molecule has 40 valence electrons. The molecule has 0 rings (SSSR count). The molecule has 0 heterocycles. The predicted octanol–water partition coefficient (Wildman–Crippen LogP) is -1.67. The number of hydrogen-bond donors (Lipinski definition) is 2. The fraction of sp³-hybridized carbons (Fsp3) is 0. The van der Waals surface area contributed by atoms with Gasteiger partial charge in [0.15, 0.2) is 0 Å². The molecule has 0 unspecified atom stereocenters. The summed E-state index contributed by atoms with van der Waals surface area (Å²) in [6.07, 6.45) is 0. The molecule has 0 amide bonds. The Labute approximate surface area is 120 Å². The zero-order valence-corrected chi connectivity index (χ0v) is 13.1. The second kappa shape index (κ2) is 7.15. The van der Waals surface area contributed by atoms with Gasteiger partial charge in [-0.1, -0.05) is 0 Å². The van der Waals surface area contributed by atoms with Gasteiger partial charge in [-0.15, -0.1) is 0 Å². The Morgan fingerprint density at radius 3 is 1.29 bits per heavy atom. The van der Waals surface area contributed by atoms with Gasteiger partial charge >= 0.3 is 118 Å². The summed E-state index contributed by atoms with van der Waals surface area (Å²) < 4.78 is 32.1. The van der Waals surface area contributed by atoms with Gasteiger partial charge in [0.05, 0.1) is 0 Å². The third kappa shape index (κ3) is 48.5. The van der Waals surface area contributed by atoms with Crippen LogP contribution in [0.5, 0.6) is 0 Å². The SMILES string of the molecule is [Ba+2].[Ca+2].[H-].[H-].[H-].[H-].[O]=[W](=[O])([OH])[OH]. The first-order valence-electron chi connectivity index (χ1n) is 0.698. The first-order valence-corrected chi connectivity index (χ1v) is 5.72. The summed E-state index contributed by atoms with van der Waals surface area (Å²) in [4.78, 5) is 0. The van der Waals surface area contributed by atoms with Gasteiger partial charge in [-0.05, 0) is 0 Å². The fourth-order valence-corrected chi connectivity index (χ4v) is 0. The first kappa shape index (κ1) is 16.6. The van der Waals surface area contributed by atoms with E-state index in [4.69, 9.17) is 14.3 Å². The molecule has 0 aromatic heterocycles. The van der Waals surface area contributed by atoms with Crippen LogP contribution in [0.3, 0.4) is 0 Å². The first-order chi connectivity index (χ1) is 2.00. The third-order valence-electron chi connectivity index (χ3n) is 0. The van der Waals surface area contributed by atoms with Crippen LogP contribution in [0.25, 0.3) is 0 Å². The Hall–Kier alpha value is 3.04. The Kier molecular flexibility index (Phi) is 16.9. The Morgan fingerprint density at radius 2 is 1.29 bits per heavy atom. The molecular weight excluding hydrogens is 425 g/mol. The van der Waals surface area contributed by atoms with E-state index in [1.165, 1.54) is 0 Å². The van der Waals surface area contributed by atoms with Crippen LogP contribution in [-0.2, 0) is 23.5 Å². The Morgan fingerprint density at radius 1 is 1.29 bits per heavy atom. The average molecular weight is 431 g/mol. The van der Waals surface area contributed by atoms with Gasteiger partial charge in [0.2, 0.25) is 0 Å². The second-order valence-electron chi connectivity index (χ2n) is 0.448. The van der Waals surface area contributed by atoms with Crippen molar-refractivity contribution in [3.63, 3.8) is 0 Å². The van der Waals surface area contributed by atoms with E-state index < -0.39 is 16.7 Å². The van der Waals surface area contributed by atoms with Crippen LogP contribution in [0.15, 0.2) is 0 Å². The zero-order valence-electron chi connectivity index (χ0n) is 7.53. The fourth-order valence-electron chi connectivity index (χ4n) is 0. The van der Waals surface area contributed by atoms with Crippen LogP contribution < -0.4 is 0 Å². The minimum atomic E-state index is -5.67. The topological polar surface area (TPSA) is 74.6 Å². The van der Waals surface area contributed by atoms with Gasteiger partial charge in [0.25, 0.3) is 0 Å². The van der Waals surface area contributed by atoms with Crippen molar-refractivity contribution >= 4 is 86.6 Å². The van der Waals surface area contributed by atoms with Crippen LogP contribution in [-0.4, -0.2) is 94.1 Å². The van der Waals surface area contributed by atoms with Gasteiger partial charge in [-0.2, -0.15) is 0 Å². The van der Waals surface area contributed by atoms with Crippen molar-refractivity contribution in [3.05, 3.63) is 0 Å². The molecule has 4 nitrogen and oxygen atoms in total. The summed E-state index contributed by atoms with van der Waals surface area (Å²) >= 11 is -5.67. The quantitative estimate of drug-likeness (QED) is 0.451. The van der Waals surface area contributed by atoms with Crippen LogP contribution in [0, 0.1) is 0 Å². The van der Waals surface area contributed by atoms with Gasteiger partial charge in [0, 0.05) is 0 Å². The molecule has 0 fully saturated rings. The summed E-state index contributed by atoms with van der Waals surface area (Å²) in [5.74, 6) is 0. The monoisotopic (exact) mass is 432 g/mol. The number of hydrogen-bond acceptors (Lipinski definition) is 2. The van der Waals surface area contributed by atoms with Crippen molar-refractivity contribution in [3.8, 4) is 0 Å². The van der Waals surface area contributed by atoms with Crippen molar-refractivity contribution in [1.29, 1.82) is 0 Å². The molecular formula is H6BaCaO4W. The van der Waals surface area contributed by atoms with Crippen molar-refractivity contribution in [2.24, 2.45) is 0 Å². The van der Waals surface area contributed by atoms with E-state index in [9.17, 15) is 0 Å². The Balaban J connectivity index is -0.00000000533. The van der Waals surface area contributed by atoms with Gasteiger partial charge in [-0.25, -0.2) is 0 Å². The molecule has 0 radical (unpaired) electrons. The molecule has 0 aromatic carbocycles. The molecule has 0 saturated heterocycles. The van der Waals surface area contributed by atoms with E-state index in [0.717, 1.165) is 0 Å². The summed E-state index contributed by atoms with van der Waals surface area (Å²) in [6, 6.07) is 0. The van der Waals surface area contributed by atoms with Gasteiger partial charge in [-0.3, -0.25) is 0 Å². The Bertz CT molecular complexity index is 105. The molecule has 0 aliphatic rings. The van der Waals surface area contributed by atoms with Crippen LogP contribution >= 0.6 is 0 Å². The van der Waals surface area contributed by atoms with E-state index in [2.05, 4.69) is 0 Å². The van der Waals surface area contributed by atoms with Crippen LogP contribution in [0.4, 0.5) is 0 Å². The van der Waals surface area contributed by atoms with Crippen molar-refractivity contribution < 1.29 is 36.8 Å². The molecule has 7 heavy (non-hydrogen) atoms.